The number of hydrogen-bond acceptors (Lipinski definition) is 0. The second kappa shape index (κ2) is 27.0. The lowest BCUT2D eigenvalue weighted by Crippen LogP contribution is -2.13. The standard InChI is InChI=1S/C33H48.C32H46/c1-3-5-7-9-27-12-16-29(17-13-27)31-20-24-33(25-21-31)32-22-18-30(19-23-32)28-14-10-26(11-15-28)8-6-4-2;1-3-5-7-25-9-13-27(14-10-25)29-17-21-31(22-18-29)32-23-19-30(20-24-32)28-15-11-26(12-16-28)8-6-4-2/h18-29H,3-17H2,1-2H3;17-28H,3-16H2,1-2H3. The van der Waals surface area contributed by atoms with E-state index in [0.717, 1.165) is 47.3 Å². The highest BCUT2D eigenvalue weighted by Crippen LogP contribution is 2.42. The zero-order valence-electron chi connectivity index (χ0n) is 42.4. The molecule has 4 aromatic rings. The third-order valence-electron chi connectivity index (χ3n) is 17.7. The van der Waals surface area contributed by atoms with Gasteiger partial charge in [0, 0.05) is 0 Å². The van der Waals surface area contributed by atoms with Crippen LogP contribution in [0.4, 0.5) is 0 Å². The fraction of sp³-hybridized carbons (Fsp3) is 0.631. The molecule has 0 bridgehead atoms. The fourth-order valence-corrected chi connectivity index (χ4v) is 13.1. The minimum absolute atomic E-state index is 0.788. The van der Waals surface area contributed by atoms with Crippen LogP contribution in [0, 0.1) is 23.7 Å². The first kappa shape index (κ1) is 49.8. The predicted molar refractivity (Wildman–Crippen MR) is 285 cm³/mol. The average Bonchev–Trinajstić information content (AvgIpc) is 3.38. The molecule has 0 spiro atoms. The fourth-order valence-electron chi connectivity index (χ4n) is 13.1. The first-order chi connectivity index (χ1) is 32.0. The molecule has 8 rings (SSSR count). The van der Waals surface area contributed by atoms with Crippen molar-refractivity contribution in [1.29, 1.82) is 0 Å². The number of rotatable bonds is 19. The van der Waals surface area contributed by atoms with Crippen LogP contribution < -0.4 is 0 Å². The monoisotopic (exact) mass is 875 g/mol. The maximum absolute atomic E-state index is 2.42. The van der Waals surface area contributed by atoms with Crippen LogP contribution in [-0.4, -0.2) is 0 Å². The molecule has 0 unspecified atom stereocenters. The van der Waals surface area contributed by atoms with Crippen LogP contribution in [0.15, 0.2) is 97.1 Å². The maximum Gasteiger partial charge on any atom is -0.0162 e. The Balaban J connectivity index is 0.000000194. The number of hydrogen-bond donors (Lipinski definition) is 0. The predicted octanol–water partition coefficient (Wildman–Crippen LogP) is 21.0. The molecule has 4 aromatic carbocycles. The highest BCUT2D eigenvalue weighted by Gasteiger charge is 2.25. The van der Waals surface area contributed by atoms with Gasteiger partial charge >= 0.3 is 0 Å². The van der Waals surface area contributed by atoms with Crippen LogP contribution >= 0.6 is 0 Å². The van der Waals surface area contributed by atoms with Crippen molar-refractivity contribution in [1.82, 2.24) is 0 Å². The summed E-state index contributed by atoms with van der Waals surface area (Å²) in [4.78, 5) is 0. The third-order valence-corrected chi connectivity index (χ3v) is 17.7. The van der Waals surface area contributed by atoms with E-state index < -0.39 is 0 Å². The first-order valence-electron chi connectivity index (χ1n) is 28.4. The summed E-state index contributed by atoms with van der Waals surface area (Å²) in [5.41, 5.74) is 11.8. The molecular weight excluding hydrogens is 781 g/mol. The van der Waals surface area contributed by atoms with Gasteiger partial charge in [0.15, 0.2) is 0 Å². The van der Waals surface area contributed by atoms with E-state index in [1.165, 1.54) is 208 Å². The summed E-state index contributed by atoms with van der Waals surface area (Å²) in [6, 6.07) is 38.3. The van der Waals surface area contributed by atoms with Gasteiger partial charge in [-0.05, 0) is 195 Å². The van der Waals surface area contributed by atoms with Crippen molar-refractivity contribution in [2.75, 3.05) is 0 Å². The Kier molecular flexibility index (Phi) is 20.7. The molecular formula is C65H94. The van der Waals surface area contributed by atoms with Crippen LogP contribution in [0.1, 0.15) is 260 Å². The van der Waals surface area contributed by atoms with Gasteiger partial charge in [-0.1, -0.05) is 208 Å². The van der Waals surface area contributed by atoms with Gasteiger partial charge in [0.2, 0.25) is 0 Å². The molecule has 4 aliphatic carbocycles. The summed E-state index contributed by atoms with van der Waals surface area (Å²) in [6.45, 7) is 9.27. The lowest BCUT2D eigenvalue weighted by atomic mass is 9.76. The van der Waals surface area contributed by atoms with Crippen molar-refractivity contribution < 1.29 is 0 Å². The van der Waals surface area contributed by atoms with Crippen molar-refractivity contribution in [3.05, 3.63) is 119 Å². The SMILES string of the molecule is CCCCC1CCC(c2ccc(-c3ccc(C4CCC(CCCC)CC4)cc3)cc2)CC1.CCCCCC1CCC(c2ccc(-c3ccc(C4CCC(CCCC)CC4)cc3)cc2)CC1. The molecule has 0 radical (unpaired) electrons. The molecule has 4 fully saturated rings. The minimum atomic E-state index is 0.788. The molecule has 65 heavy (non-hydrogen) atoms. The van der Waals surface area contributed by atoms with Crippen LogP contribution in [0.5, 0.6) is 0 Å². The van der Waals surface area contributed by atoms with E-state index in [0.29, 0.717) is 0 Å². The van der Waals surface area contributed by atoms with E-state index in [1.807, 2.05) is 0 Å². The van der Waals surface area contributed by atoms with E-state index >= 15 is 0 Å². The average molecular weight is 875 g/mol. The molecule has 0 saturated heterocycles. The second-order valence-electron chi connectivity index (χ2n) is 22.3. The Morgan fingerprint density at radius 3 is 0.646 bits per heavy atom. The van der Waals surface area contributed by atoms with Gasteiger partial charge in [0.05, 0.1) is 0 Å². The van der Waals surface area contributed by atoms with Gasteiger partial charge in [-0.2, -0.15) is 0 Å². The van der Waals surface area contributed by atoms with Crippen LogP contribution in [0.2, 0.25) is 0 Å². The molecule has 0 atom stereocenters. The minimum Gasteiger partial charge on any atom is -0.0654 e. The molecule has 0 heteroatoms. The molecule has 0 heterocycles. The summed E-state index contributed by atoms with van der Waals surface area (Å²) < 4.78 is 0. The Bertz CT molecular complexity index is 1760. The molecule has 0 amide bonds. The van der Waals surface area contributed by atoms with Gasteiger partial charge < -0.3 is 0 Å². The van der Waals surface area contributed by atoms with Crippen molar-refractivity contribution in [3.63, 3.8) is 0 Å². The Labute approximate surface area is 401 Å². The summed E-state index contributed by atoms with van der Waals surface area (Å²) in [7, 11) is 0. The highest BCUT2D eigenvalue weighted by atomic mass is 14.3. The zero-order chi connectivity index (χ0) is 45.1. The first-order valence-corrected chi connectivity index (χ1v) is 28.4. The van der Waals surface area contributed by atoms with Crippen LogP contribution in [-0.2, 0) is 0 Å². The maximum atomic E-state index is 2.42. The van der Waals surface area contributed by atoms with E-state index in [-0.39, 0.29) is 0 Å². The second-order valence-corrected chi connectivity index (χ2v) is 22.3. The van der Waals surface area contributed by atoms with E-state index in [9.17, 15) is 0 Å². The summed E-state index contributed by atoms with van der Waals surface area (Å²) in [5.74, 6) is 7.14. The molecule has 0 N–H and O–H groups in total. The molecule has 0 aliphatic heterocycles. The van der Waals surface area contributed by atoms with Crippen molar-refractivity contribution in [2.24, 2.45) is 23.7 Å². The van der Waals surface area contributed by atoms with Crippen molar-refractivity contribution >= 4 is 0 Å². The van der Waals surface area contributed by atoms with Crippen molar-refractivity contribution in [3.8, 4) is 22.3 Å². The molecule has 0 aromatic heterocycles. The third kappa shape index (κ3) is 15.2. The summed E-state index contributed by atoms with van der Waals surface area (Å²) in [5, 5.41) is 0. The van der Waals surface area contributed by atoms with Gasteiger partial charge in [-0.3, -0.25) is 0 Å². The van der Waals surface area contributed by atoms with Gasteiger partial charge in [-0.15, -0.1) is 0 Å². The topological polar surface area (TPSA) is 0 Å². The largest absolute Gasteiger partial charge is 0.0654 e. The summed E-state index contributed by atoms with van der Waals surface area (Å²) in [6.07, 6.45) is 41.0. The Morgan fingerprint density at radius 1 is 0.246 bits per heavy atom. The Hall–Kier alpha value is -3.12. The highest BCUT2D eigenvalue weighted by molar-refractivity contribution is 5.65. The Morgan fingerprint density at radius 2 is 0.446 bits per heavy atom. The van der Waals surface area contributed by atoms with Crippen molar-refractivity contribution in [2.45, 2.75) is 238 Å². The summed E-state index contributed by atoms with van der Waals surface area (Å²) >= 11 is 0. The number of unbranched alkanes of at least 4 members (excludes halogenated alkanes) is 5. The van der Waals surface area contributed by atoms with Crippen LogP contribution in [0.25, 0.3) is 22.3 Å². The zero-order valence-corrected chi connectivity index (χ0v) is 42.4. The molecule has 0 nitrogen and oxygen atoms in total. The quantitative estimate of drug-likeness (QED) is 0.0824. The molecule has 354 valence electrons. The lowest BCUT2D eigenvalue weighted by Gasteiger charge is -2.29. The van der Waals surface area contributed by atoms with Crippen LogP contribution in [0.3, 0.4) is 0 Å². The molecule has 4 saturated carbocycles. The lowest BCUT2D eigenvalue weighted by molar-refractivity contribution is 0.303. The van der Waals surface area contributed by atoms with Gasteiger partial charge in [0.25, 0.3) is 0 Å². The van der Waals surface area contributed by atoms with Gasteiger partial charge in [0.1, 0.15) is 0 Å². The molecule has 4 aliphatic rings. The number of benzene rings is 4. The van der Waals surface area contributed by atoms with Gasteiger partial charge in [-0.25, -0.2) is 0 Å². The van der Waals surface area contributed by atoms with E-state index in [2.05, 4.69) is 125 Å². The smallest absolute Gasteiger partial charge is 0.0162 e. The van der Waals surface area contributed by atoms with E-state index in [4.69, 9.17) is 0 Å². The normalized spacial score (nSPS) is 26.0. The van der Waals surface area contributed by atoms with E-state index in [1.54, 1.807) is 22.3 Å².